The van der Waals surface area contributed by atoms with Gasteiger partial charge in [-0.05, 0) is 53.4 Å². The van der Waals surface area contributed by atoms with Crippen molar-refractivity contribution in [2.24, 2.45) is 5.92 Å². The van der Waals surface area contributed by atoms with Gasteiger partial charge in [0.25, 0.3) is 0 Å². The number of aliphatic carboxylic acids is 1. The minimum atomic E-state index is -0.843. The van der Waals surface area contributed by atoms with Crippen molar-refractivity contribution >= 4 is 33.6 Å². The average molecular weight is 341 g/mol. The summed E-state index contributed by atoms with van der Waals surface area (Å²) < 4.78 is 0.800. The molecule has 0 saturated heterocycles. The Balaban J connectivity index is 1.97. The van der Waals surface area contributed by atoms with Gasteiger partial charge in [0.1, 0.15) is 0 Å². The van der Waals surface area contributed by atoms with Gasteiger partial charge >= 0.3 is 12.0 Å². The fourth-order valence-corrected chi connectivity index (χ4v) is 3.07. The smallest absolute Gasteiger partial charge is 0.319 e. The lowest BCUT2D eigenvalue weighted by Crippen LogP contribution is -2.42. The minimum absolute atomic E-state index is 0.295. The summed E-state index contributed by atoms with van der Waals surface area (Å²) in [5, 5.41) is 14.6. The van der Waals surface area contributed by atoms with Crippen LogP contribution in [0.4, 0.5) is 10.5 Å². The molecule has 0 bridgehead atoms. The molecule has 1 aromatic carbocycles. The van der Waals surface area contributed by atoms with Crippen molar-refractivity contribution in [3.8, 4) is 0 Å². The number of carbonyl (C=O) groups is 2. The Kier molecular flexibility index (Phi) is 4.65. The van der Waals surface area contributed by atoms with Gasteiger partial charge in [0.05, 0.1) is 11.6 Å². The van der Waals surface area contributed by atoms with E-state index in [1.807, 2.05) is 25.1 Å². The fourth-order valence-electron chi connectivity index (χ4n) is 2.48. The third-order valence-electron chi connectivity index (χ3n) is 3.52. The van der Waals surface area contributed by atoms with Gasteiger partial charge in [-0.1, -0.05) is 12.5 Å². The molecule has 2 rings (SSSR count). The van der Waals surface area contributed by atoms with Gasteiger partial charge < -0.3 is 15.7 Å². The second-order valence-electron chi connectivity index (χ2n) is 5.06. The van der Waals surface area contributed by atoms with Crippen molar-refractivity contribution in [2.45, 2.75) is 32.2 Å². The maximum Gasteiger partial charge on any atom is 0.319 e. The van der Waals surface area contributed by atoms with E-state index < -0.39 is 11.9 Å². The van der Waals surface area contributed by atoms with Crippen molar-refractivity contribution in [3.63, 3.8) is 0 Å². The first-order valence-electron chi connectivity index (χ1n) is 6.54. The third kappa shape index (κ3) is 3.50. The SMILES string of the molecule is Cc1ccc(NC(=O)NC2CCCC2C(=O)O)c(Br)c1. The Labute approximate surface area is 125 Å². The van der Waals surface area contributed by atoms with Crippen LogP contribution in [0.5, 0.6) is 0 Å². The Bertz CT molecular complexity index is 533. The van der Waals surface area contributed by atoms with E-state index in [0.717, 1.165) is 16.5 Å². The van der Waals surface area contributed by atoms with E-state index in [9.17, 15) is 9.59 Å². The molecule has 2 unspecified atom stereocenters. The maximum atomic E-state index is 11.9. The van der Waals surface area contributed by atoms with Gasteiger partial charge in [0.2, 0.25) is 0 Å². The van der Waals surface area contributed by atoms with Crippen LogP contribution in [-0.4, -0.2) is 23.1 Å². The topological polar surface area (TPSA) is 78.4 Å². The lowest BCUT2D eigenvalue weighted by molar-refractivity contribution is -0.142. The van der Waals surface area contributed by atoms with Crippen LogP contribution in [0, 0.1) is 12.8 Å². The zero-order valence-electron chi connectivity index (χ0n) is 11.1. The van der Waals surface area contributed by atoms with Gasteiger partial charge in [-0.3, -0.25) is 4.79 Å². The molecule has 5 nitrogen and oxygen atoms in total. The van der Waals surface area contributed by atoms with Gasteiger partial charge in [0.15, 0.2) is 0 Å². The van der Waals surface area contributed by atoms with Gasteiger partial charge in [-0.15, -0.1) is 0 Å². The molecule has 0 heterocycles. The van der Waals surface area contributed by atoms with Crippen molar-refractivity contribution < 1.29 is 14.7 Å². The molecule has 1 saturated carbocycles. The van der Waals surface area contributed by atoms with E-state index >= 15 is 0 Å². The molecule has 1 aliphatic rings. The van der Waals surface area contributed by atoms with Crippen LogP contribution in [0.25, 0.3) is 0 Å². The quantitative estimate of drug-likeness (QED) is 0.790. The van der Waals surface area contributed by atoms with Crippen molar-refractivity contribution in [1.29, 1.82) is 0 Å². The van der Waals surface area contributed by atoms with Crippen LogP contribution >= 0.6 is 15.9 Å². The number of carbonyl (C=O) groups excluding carboxylic acids is 1. The number of amides is 2. The molecule has 20 heavy (non-hydrogen) atoms. The lowest BCUT2D eigenvalue weighted by Gasteiger charge is -2.18. The van der Waals surface area contributed by atoms with Crippen molar-refractivity contribution in [3.05, 3.63) is 28.2 Å². The van der Waals surface area contributed by atoms with Crippen LogP contribution in [0.1, 0.15) is 24.8 Å². The molecule has 0 aromatic heterocycles. The van der Waals surface area contributed by atoms with Gasteiger partial charge in [-0.25, -0.2) is 4.79 Å². The van der Waals surface area contributed by atoms with E-state index in [2.05, 4.69) is 26.6 Å². The molecule has 1 aromatic rings. The number of benzene rings is 1. The number of halogens is 1. The highest BCUT2D eigenvalue weighted by Crippen LogP contribution is 2.26. The molecule has 0 radical (unpaired) electrons. The normalized spacial score (nSPS) is 21.5. The Hall–Kier alpha value is -1.56. The molecule has 1 fully saturated rings. The average Bonchev–Trinajstić information content (AvgIpc) is 2.81. The highest BCUT2D eigenvalue weighted by atomic mass is 79.9. The molecule has 1 aliphatic carbocycles. The number of urea groups is 1. The van der Waals surface area contributed by atoms with Crippen molar-refractivity contribution in [1.82, 2.24) is 5.32 Å². The predicted octanol–water partition coefficient (Wildman–Crippen LogP) is 3.13. The molecule has 2 atom stereocenters. The first-order valence-corrected chi connectivity index (χ1v) is 7.33. The summed E-state index contributed by atoms with van der Waals surface area (Å²) in [6, 6.07) is 4.95. The zero-order valence-corrected chi connectivity index (χ0v) is 12.7. The van der Waals surface area contributed by atoms with E-state index in [1.165, 1.54) is 0 Å². The largest absolute Gasteiger partial charge is 0.481 e. The number of anilines is 1. The second kappa shape index (κ2) is 6.26. The lowest BCUT2D eigenvalue weighted by atomic mass is 10.0. The summed E-state index contributed by atoms with van der Waals surface area (Å²) in [6.07, 6.45) is 2.16. The standard InChI is InChI=1S/C14H17BrN2O3/c1-8-5-6-12(10(15)7-8)17-14(20)16-11-4-2-3-9(11)13(18)19/h5-7,9,11H,2-4H2,1H3,(H,18,19)(H2,16,17,20). The Morgan fingerprint density at radius 2 is 2.10 bits per heavy atom. The number of aryl methyl sites for hydroxylation is 1. The highest BCUT2D eigenvalue weighted by Gasteiger charge is 2.33. The zero-order chi connectivity index (χ0) is 14.7. The molecule has 6 heteroatoms. The Morgan fingerprint density at radius 3 is 2.75 bits per heavy atom. The van der Waals surface area contributed by atoms with Crippen LogP contribution in [0.3, 0.4) is 0 Å². The summed E-state index contributed by atoms with van der Waals surface area (Å²) >= 11 is 3.39. The number of rotatable bonds is 3. The maximum absolute atomic E-state index is 11.9. The van der Waals surface area contributed by atoms with Gasteiger partial charge in [0, 0.05) is 10.5 Å². The monoisotopic (exact) mass is 340 g/mol. The first kappa shape index (κ1) is 14.8. The number of hydrogen-bond donors (Lipinski definition) is 3. The number of nitrogens with one attached hydrogen (secondary N) is 2. The molecule has 2 amide bonds. The Morgan fingerprint density at radius 1 is 1.35 bits per heavy atom. The van der Waals surface area contributed by atoms with E-state index in [1.54, 1.807) is 0 Å². The van der Waals surface area contributed by atoms with Crippen LogP contribution in [-0.2, 0) is 4.79 Å². The van der Waals surface area contributed by atoms with E-state index in [4.69, 9.17) is 5.11 Å². The summed E-state index contributed by atoms with van der Waals surface area (Å²) in [5.74, 6) is -1.33. The number of carboxylic acids is 1. The molecule has 0 aliphatic heterocycles. The molecule has 108 valence electrons. The minimum Gasteiger partial charge on any atom is -0.481 e. The third-order valence-corrected chi connectivity index (χ3v) is 4.18. The summed E-state index contributed by atoms with van der Waals surface area (Å²) in [6.45, 7) is 1.96. The van der Waals surface area contributed by atoms with E-state index in [0.29, 0.717) is 18.5 Å². The van der Waals surface area contributed by atoms with E-state index in [-0.39, 0.29) is 12.1 Å². The first-order chi connectivity index (χ1) is 9.47. The van der Waals surface area contributed by atoms with Crippen LogP contribution in [0.2, 0.25) is 0 Å². The fraction of sp³-hybridized carbons (Fsp3) is 0.429. The summed E-state index contributed by atoms with van der Waals surface area (Å²) in [5.41, 5.74) is 1.75. The second-order valence-corrected chi connectivity index (χ2v) is 5.92. The van der Waals surface area contributed by atoms with Crippen LogP contribution in [0.15, 0.2) is 22.7 Å². The predicted molar refractivity (Wildman–Crippen MR) is 79.8 cm³/mol. The highest BCUT2D eigenvalue weighted by molar-refractivity contribution is 9.10. The van der Waals surface area contributed by atoms with Crippen molar-refractivity contribution in [2.75, 3.05) is 5.32 Å². The van der Waals surface area contributed by atoms with Crippen LogP contribution < -0.4 is 10.6 Å². The molecular weight excluding hydrogens is 324 g/mol. The molecular formula is C14H17BrN2O3. The number of carboxylic acid groups (broad SMARTS) is 1. The molecule has 3 N–H and O–H groups in total. The number of hydrogen-bond acceptors (Lipinski definition) is 2. The molecule has 0 spiro atoms. The summed E-state index contributed by atoms with van der Waals surface area (Å²) in [7, 11) is 0. The summed E-state index contributed by atoms with van der Waals surface area (Å²) in [4.78, 5) is 23.0. The van der Waals surface area contributed by atoms with Gasteiger partial charge in [-0.2, -0.15) is 0 Å².